The van der Waals surface area contributed by atoms with Crippen molar-refractivity contribution >= 4 is 5.69 Å². The average molecular weight is 211 g/mol. The molecule has 1 aromatic carbocycles. The van der Waals surface area contributed by atoms with Crippen LogP contribution in [0.15, 0.2) is 18.2 Å². The number of ether oxygens (including phenoxy) is 1. The molecule has 2 rings (SSSR count). The van der Waals surface area contributed by atoms with Crippen LogP contribution in [0.5, 0.6) is 0 Å². The molecule has 4 heteroatoms. The van der Waals surface area contributed by atoms with Gasteiger partial charge in [0.05, 0.1) is 12.7 Å². The summed E-state index contributed by atoms with van der Waals surface area (Å²) in [6.07, 6.45) is 0.158. The van der Waals surface area contributed by atoms with Crippen LogP contribution in [0.3, 0.4) is 0 Å². The highest BCUT2D eigenvalue weighted by Crippen LogP contribution is 2.31. The molecule has 0 saturated carbocycles. The van der Waals surface area contributed by atoms with Gasteiger partial charge in [-0.2, -0.15) is 0 Å². The van der Waals surface area contributed by atoms with E-state index in [-0.39, 0.29) is 11.7 Å². The van der Waals surface area contributed by atoms with Crippen LogP contribution >= 0.6 is 0 Å². The van der Waals surface area contributed by atoms with Crippen LogP contribution in [-0.2, 0) is 4.74 Å². The first-order valence-corrected chi connectivity index (χ1v) is 4.99. The fourth-order valence-electron chi connectivity index (χ4n) is 1.87. The maximum atomic E-state index is 12.8. The topological polar surface area (TPSA) is 55.5 Å². The molecule has 3 N–H and O–H groups in total. The molecule has 0 aromatic heterocycles. The molecule has 1 heterocycles. The van der Waals surface area contributed by atoms with Crippen molar-refractivity contribution in [1.82, 2.24) is 0 Å². The van der Waals surface area contributed by atoms with Gasteiger partial charge in [-0.05, 0) is 18.6 Å². The third-order valence-corrected chi connectivity index (χ3v) is 2.78. The third kappa shape index (κ3) is 2.11. The zero-order chi connectivity index (χ0) is 10.8. The van der Waals surface area contributed by atoms with Crippen LogP contribution in [-0.4, -0.2) is 18.3 Å². The second-order valence-corrected chi connectivity index (χ2v) is 3.84. The molecule has 1 aliphatic heterocycles. The van der Waals surface area contributed by atoms with E-state index in [1.165, 1.54) is 18.2 Å². The van der Waals surface area contributed by atoms with Gasteiger partial charge >= 0.3 is 0 Å². The Morgan fingerprint density at radius 1 is 1.53 bits per heavy atom. The fourth-order valence-corrected chi connectivity index (χ4v) is 1.87. The van der Waals surface area contributed by atoms with Gasteiger partial charge in [0, 0.05) is 23.8 Å². The lowest BCUT2D eigenvalue weighted by Crippen LogP contribution is -2.14. The second-order valence-electron chi connectivity index (χ2n) is 3.84. The van der Waals surface area contributed by atoms with Gasteiger partial charge in [0.15, 0.2) is 0 Å². The number of hydrogen-bond acceptors (Lipinski definition) is 3. The van der Waals surface area contributed by atoms with Crippen LogP contribution in [0, 0.1) is 11.7 Å². The minimum absolute atomic E-state index is 0.0674. The van der Waals surface area contributed by atoms with E-state index in [1.54, 1.807) is 0 Å². The Morgan fingerprint density at radius 2 is 2.33 bits per heavy atom. The van der Waals surface area contributed by atoms with E-state index in [1.807, 2.05) is 0 Å². The number of benzene rings is 1. The minimum Gasteiger partial charge on any atom is -0.398 e. The lowest BCUT2D eigenvalue weighted by Gasteiger charge is -2.18. The van der Waals surface area contributed by atoms with E-state index >= 15 is 0 Å². The number of anilines is 1. The van der Waals surface area contributed by atoms with Crippen LogP contribution < -0.4 is 5.73 Å². The Morgan fingerprint density at radius 3 is 2.93 bits per heavy atom. The summed E-state index contributed by atoms with van der Waals surface area (Å²) in [7, 11) is 0. The Balaban J connectivity index is 2.20. The van der Waals surface area contributed by atoms with E-state index in [9.17, 15) is 9.50 Å². The molecule has 0 aliphatic carbocycles. The first-order valence-electron chi connectivity index (χ1n) is 4.99. The largest absolute Gasteiger partial charge is 0.398 e. The summed E-state index contributed by atoms with van der Waals surface area (Å²) in [6, 6.07) is 4.08. The summed E-state index contributed by atoms with van der Waals surface area (Å²) in [5, 5.41) is 10.0. The number of hydrogen-bond donors (Lipinski definition) is 2. The van der Waals surface area contributed by atoms with Crippen molar-refractivity contribution in [3.8, 4) is 0 Å². The Kier molecular flexibility index (Phi) is 2.88. The third-order valence-electron chi connectivity index (χ3n) is 2.78. The van der Waals surface area contributed by atoms with Gasteiger partial charge in [-0.25, -0.2) is 4.39 Å². The molecule has 0 amide bonds. The van der Waals surface area contributed by atoms with Crippen molar-refractivity contribution < 1.29 is 14.2 Å². The quantitative estimate of drug-likeness (QED) is 0.728. The summed E-state index contributed by atoms with van der Waals surface area (Å²) < 4.78 is 18.0. The molecule has 2 atom stereocenters. The summed E-state index contributed by atoms with van der Waals surface area (Å²) in [4.78, 5) is 0. The van der Waals surface area contributed by atoms with Gasteiger partial charge in [-0.1, -0.05) is 6.07 Å². The van der Waals surface area contributed by atoms with E-state index in [2.05, 4.69) is 0 Å². The predicted molar refractivity (Wildman–Crippen MR) is 54.7 cm³/mol. The number of nitrogens with two attached hydrogens (primary N) is 1. The molecule has 3 nitrogen and oxygen atoms in total. The molecule has 0 spiro atoms. The molecule has 1 fully saturated rings. The van der Waals surface area contributed by atoms with E-state index < -0.39 is 6.10 Å². The number of aliphatic hydroxyl groups is 1. The fraction of sp³-hybridized carbons (Fsp3) is 0.455. The first-order chi connectivity index (χ1) is 7.18. The van der Waals surface area contributed by atoms with Gasteiger partial charge in [-0.3, -0.25) is 0 Å². The van der Waals surface area contributed by atoms with E-state index in [4.69, 9.17) is 10.5 Å². The molecule has 1 aliphatic rings. The first kappa shape index (κ1) is 10.4. The number of aliphatic hydroxyl groups excluding tert-OH is 1. The zero-order valence-corrected chi connectivity index (χ0v) is 8.32. The molecule has 0 bridgehead atoms. The second kappa shape index (κ2) is 4.16. The van der Waals surface area contributed by atoms with E-state index in [0.717, 1.165) is 6.42 Å². The van der Waals surface area contributed by atoms with Crippen molar-refractivity contribution in [1.29, 1.82) is 0 Å². The van der Waals surface area contributed by atoms with Gasteiger partial charge in [0.2, 0.25) is 0 Å². The molecule has 1 saturated heterocycles. The lowest BCUT2D eigenvalue weighted by atomic mass is 9.94. The molecular weight excluding hydrogens is 197 g/mol. The SMILES string of the molecule is Nc1cc(F)ccc1C(O)C1CCOC1. The van der Waals surface area contributed by atoms with Gasteiger partial charge in [0.1, 0.15) is 5.82 Å². The normalized spacial score (nSPS) is 22.9. The Labute approximate surface area is 87.7 Å². The van der Waals surface area contributed by atoms with Crippen LogP contribution in [0.25, 0.3) is 0 Å². The average Bonchev–Trinajstić information content (AvgIpc) is 2.69. The van der Waals surface area contributed by atoms with Crippen LogP contribution in [0.4, 0.5) is 10.1 Å². The maximum Gasteiger partial charge on any atom is 0.125 e. The zero-order valence-electron chi connectivity index (χ0n) is 8.32. The predicted octanol–water partition coefficient (Wildman–Crippen LogP) is 1.48. The minimum atomic E-state index is -0.659. The van der Waals surface area contributed by atoms with Crippen LogP contribution in [0.1, 0.15) is 18.1 Å². The highest BCUT2D eigenvalue weighted by Gasteiger charge is 2.26. The standard InChI is InChI=1S/C11H14FNO2/c12-8-1-2-9(10(13)5-8)11(14)7-3-4-15-6-7/h1-2,5,7,11,14H,3-4,6,13H2. The van der Waals surface area contributed by atoms with Gasteiger partial charge in [0.25, 0.3) is 0 Å². The summed E-state index contributed by atoms with van der Waals surface area (Å²) >= 11 is 0. The smallest absolute Gasteiger partial charge is 0.125 e. The molecule has 0 radical (unpaired) electrons. The molecule has 82 valence electrons. The lowest BCUT2D eigenvalue weighted by molar-refractivity contribution is 0.0923. The number of nitrogen functional groups attached to an aromatic ring is 1. The summed E-state index contributed by atoms with van der Waals surface area (Å²) in [5.41, 5.74) is 6.54. The van der Waals surface area contributed by atoms with Crippen molar-refractivity contribution in [2.75, 3.05) is 18.9 Å². The highest BCUT2D eigenvalue weighted by atomic mass is 19.1. The molecule has 2 unspecified atom stereocenters. The Bertz CT molecular complexity index is 350. The summed E-state index contributed by atoms with van der Waals surface area (Å²) in [6.45, 7) is 1.21. The molecule has 1 aromatic rings. The molecule has 15 heavy (non-hydrogen) atoms. The molecular formula is C11H14FNO2. The number of rotatable bonds is 2. The summed E-state index contributed by atoms with van der Waals surface area (Å²) in [5.74, 6) is -0.316. The van der Waals surface area contributed by atoms with Gasteiger partial charge < -0.3 is 15.6 Å². The van der Waals surface area contributed by atoms with Crippen molar-refractivity contribution in [2.45, 2.75) is 12.5 Å². The van der Waals surface area contributed by atoms with Gasteiger partial charge in [-0.15, -0.1) is 0 Å². The van der Waals surface area contributed by atoms with Crippen molar-refractivity contribution in [2.24, 2.45) is 5.92 Å². The number of halogens is 1. The van der Waals surface area contributed by atoms with Crippen molar-refractivity contribution in [3.05, 3.63) is 29.6 Å². The van der Waals surface area contributed by atoms with E-state index in [0.29, 0.717) is 24.5 Å². The van der Waals surface area contributed by atoms with Crippen LogP contribution in [0.2, 0.25) is 0 Å². The highest BCUT2D eigenvalue weighted by molar-refractivity contribution is 5.48. The maximum absolute atomic E-state index is 12.8. The monoisotopic (exact) mass is 211 g/mol. The Hall–Kier alpha value is -1.13. The van der Waals surface area contributed by atoms with Crippen molar-refractivity contribution in [3.63, 3.8) is 0 Å².